The zero-order chi connectivity index (χ0) is 11.5. The van der Waals surface area contributed by atoms with E-state index < -0.39 is 6.10 Å². The Bertz CT molecular complexity index is 468. The summed E-state index contributed by atoms with van der Waals surface area (Å²) in [5.74, 6) is 0.778. The van der Waals surface area contributed by atoms with E-state index in [1.807, 2.05) is 19.1 Å². The average Bonchev–Trinajstić information content (AvgIpc) is 2.74. The van der Waals surface area contributed by atoms with E-state index >= 15 is 0 Å². The molecule has 0 fully saturated rings. The van der Waals surface area contributed by atoms with E-state index in [4.69, 9.17) is 11.6 Å². The number of nitrogens with zero attached hydrogens (tertiary/aromatic N) is 1. The highest BCUT2D eigenvalue weighted by Gasteiger charge is 2.10. The molecule has 1 aromatic heterocycles. The molecule has 3 nitrogen and oxygen atoms in total. The standard InChI is InChI=1S/C12H13ClN2O/c1-8-6-9(2-3-10(8)13)11(16)7-12-14-4-5-15-12/h2-6,11,16H,7H2,1H3,(H,14,15). The number of aliphatic hydroxyl groups is 1. The molecule has 2 N–H and O–H groups in total. The second kappa shape index (κ2) is 4.68. The summed E-state index contributed by atoms with van der Waals surface area (Å²) in [6.07, 6.45) is 3.35. The van der Waals surface area contributed by atoms with E-state index in [2.05, 4.69) is 9.97 Å². The summed E-state index contributed by atoms with van der Waals surface area (Å²) in [6, 6.07) is 5.54. The zero-order valence-corrected chi connectivity index (χ0v) is 9.70. The van der Waals surface area contributed by atoms with Gasteiger partial charge in [-0.15, -0.1) is 0 Å². The van der Waals surface area contributed by atoms with Gasteiger partial charge in [0, 0.05) is 23.8 Å². The van der Waals surface area contributed by atoms with Crippen LogP contribution in [0.5, 0.6) is 0 Å². The molecule has 0 saturated heterocycles. The van der Waals surface area contributed by atoms with Gasteiger partial charge in [0.15, 0.2) is 0 Å². The van der Waals surface area contributed by atoms with Crippen LogP contribution in [0, 0.1) is 6.92 Å². The topological polar surface area (TPSA) is 48.9 Å². The number of imidazole rings is 1. The third-order valence-corrected chi connectivity index (χ3v) is 2.93. The van der Waals surface area contributed by atoms with Crippen molar-refractivity contribution in [3.8, 4) is 0 Å². The van der Waals surface area contributed by atoms with Gasteiger partial charge in [-0.05, 0) is 24.1 Å². The Balaban J connectivity index is 2.14. The predicted octanol–water partition coefficient (Wildman–Crippen LogP) is 2.65. The third kappa shape index (κ3) is 2.43. The Kier molecular flexibility index (Phi) is 3.27. The molecule has 0 amide bonds. The van der Waals surface area contributed by atoms with Crippen molar-refractivity contribution >= 4 is 11.6 Å². The molecule has 2 rings (SSSR count). The van der Waals surface area contributed by atoms with Gasteiger partial charge in [0.05, 0.1) is 6.10 Å². The monoisotopic (exact) mass is 236 g/mol. The van der Waals surface area contributed by atoms with Crippen LogP contribution in [0.1, 0.15) is 23.1 Å². The summed E-state index contributed by atoms with van der Waals surface area (Å²) in [7, 11) is 0. The Morgan fingerprint density at radius 3 is 2.94 bits per heavy atom. The molecule has 0 aliphatic carbocycles. The Labute approximate surface area is 99.1 Å². The second-order valence-corrected chi connectivity index (χ2v) is 4.17. The molecular formula is C12H13ClN2O. The van der Waals surface area contributed by atoms with Crippen LogP contribution in [-0.2, 0) is 6.42 Å². The molecule has 0 bridgehead atoms. The van der Waals surface area contributed by atoms with Crippen LogP contribution in [0.2, 0.25) is 5.02 Å². The molecule has 84 valence electrons. The first-order chi connectivity index (χ1) is 7.66. The smallest absolute Gasteiger partial charge is 0.108 e. The second-order valence-electron chi connectivity index (χ2n) is 3.76. The number of halogens is 1. The Morgan fingerprint density at radius 2 is 2.31 bits per heavy atom. The van der Waals surface area contributed by atoms with Gasteiger partial charge in [0.2, 0.25) is 0 Å². The van der Waals surface area contributed by atoms with E-state index in [9.17, 15) is 5.11 Å². The van der Waals surface area contributed by atoms with Gasteiger partial charge in [-0.2, -0.15) is 0 Å². The van der Waals surface area contributed by atoms with Crippen LogP contribution < -0.4 is 0 Å². The van der Waals surface area contributed by atoms with Crippen molar-refractivity contribution in [3.63, 3.8) is 0 Å². The van der Waals surface area contributed by atoms with E-state index in [1.54, 1.807) is 18.5 Å². The van der Waals surface area contributed by atoms with Crippen molar-refractivity contribution in [2.45, 2.75) is 19.4 Å². The molecule has 16 heavy (non-hydrogen) atoms. The lowest BCUT2D eigenvalue weighted by molar-refractivity contribution is 0.176. The Morgan fingerprint density at radius 1 is 1.50 bits per heavy atom. The largest absolute Gasteiger partial charge is 0.388 e. The molecule has 0 radical (unpaired) electrons. The highest BCUT2D eigenvalue weighted by molar-refractivity contribution is 6.31. The minimum atomic E-state index is -0.554. The maximum atomic E-state index is 10.0. The fraction of sp³-hybridized carbons (Fsp3) is 0.250. The summed E-state index contributed by atoms with van der Waals surface area (Å²) in [5, 5.41) is 10.7. The maximum absolute atomic E-state index is 10.0. The molecule has 1 aromatic carbocycles. The van der Waals surface area contributed by atoms with Gasteiger partial charge in [0.25, 0.3) is 0 Å². The molecule has 0 aliphatic heterocycles. The molecule has 1 atom stereocenters. The van der Waals surface area contributed by atoms with Crippen molar-refractivity contribution in [2.24, 2.45) is 0 Å². The number of aromatic amines is 1. The van der Waals surface area contributed by atoms with Crippen LogP contribution in [0.3, 0.4) is 0 Å². The van der Waals surface area contributed by atoms with Crippen LogP contribution in [0.15, 0.2) is 30.6 Å². The van der Waals surface area contributed by atoms with Crippen molar-refractivity contribution < 1.29 is 5.11 Å². The summed E-state index contributed by atoms with van der Waals surface area (Å²) < 4.78 is 0. The third-order valence-electron chi connectivity index (χ3n) is 2.51. The maximum Gasteiger partial charge on any atom is 0.108 e. The van der Waals surface area contributed by atoms with Gasteiger partial charge in [-0.1, -0.05) is 23.7 Å². The van der Waals surface area contributed by atoms with Crippen LogP contribution >= 0.6 is 11.6 Å². The number of aryl methyl sites for hydroxylation is 1. The number of nitrogens with one attached hydrogen (secondary N) is 1. The fourth-order valence-electron chi connectivity index (χ4n) is 1.59. The first-order valence-electron chi connectivity index (χ1n) is 5.09. The lowest BCUT2D eigenvalue weighted by atomic mass is 10.0. The van der Waals surface area contributed by atoms with Gasteiger partial charge in [0.1, 0.15) is 5.82 Å². The number of H-pyrrole nitrogens is 1. The average molecular weight is 237 g/mol. The normalized spacial score (nSPS) is 12.7. The molecule has 0 saturated carbocycles. The number of benzene rings is 1. The van der Waals surface area contributed by atoms with Gasteiger partial charge >= 0.3 is 0 Å². The van der Waals surface area contributed by atoms with Crippen molar-refractivity contribution in [3.05, 3.63) is 52.6 Å². The quantitative estimate of drug-likeness (QED) is 0.861. The zero-order valence-electron chi connectivity index (χ0n) is 8.94. The summed E-state index contributed by atoms with van der Waals surface area (Å²) >= 11 is 5.93. The molecule has 2 aromatic rings. The van der Waals surface area contributed by atoms with E-state index in [-0.39, 0.29) is 0 Å². The summed E-state index contributed by atoms with van der Waals surface area (Å²) in [4.78, 5) is 7.05. The number of hydrogen-bond acceptors (Lipinski definition) is 2. The van der Waals surface area contributed by atoms with Crippen LogP contribution in [-0.4, -0.2) is 15.1 Å². The molecule has 1 heterocycles. The lowest BCUT2D eigenvalue weighted by Gasteiger charge is -2.10. The van der Waals surface area contributed by atoms with E-state index in [1.165, 1.54) is 0 Å². The SMILES string of the molecule is Cc1cc(C(O)Cc2ncc[nH]2)ccc1Cl. The minimum absolute atomic E-state index is 0.480. The number of aromatic nitrogens is 2. The first kappa shape index (κ1) is 11.2. The van der Waals surface area contributed by atoms with Gasteiger partial charge in [-0.25, -0.2) is 4.98 Å². The van der Waals surface area contributed by atoms with Crippen molar-refractivity contribution in [1.29, 1.82) is 0 Å². The highest BCUT2D eigenvalue weighted by atomic mass is 35.5. The Hall–Kier alpha value is -1.32. The van der Waals surface area contributed by atoms with Crippen LogP contribution in [0.25, 0.3) is 0 Å². The van der Waals surface area contributed by atoms with Gasteiger partial charge in [-0.3, -0.25) is 0 Å². The first-order valence-corrected chi connectivity index (χ1v) is 5.47. The van der Waals surface area contributed by atoms with E-state index in [0.717, 1.165) is 17.0 Å². The fourth-order valence-corrected chi connectivity index (χ4v) is 1.70. The van der Waals surface area contributed by atoms with E-state index in [0.29, 0.717) is 11.4 Å². The molecular weight excluding hydrogens is 224 g/mol. The molecule has 0 aliphatic rings. The molecule has 1 unspecified atom stereocenters. The van der Waals surface area contributed by atoms with Crippen LogP contribution in [0.4, 0.5) is 0 Å². The van der Waals surface area contributed by atoms with Crippen molar-refractivity contribution in [2.75, 3.05) is 0 Å². The number of rotatable bonds is 3. The number of aliphatic hydroxyl groups excluding tert-OH is 1. The van der Waals surface area contributed by atoms with Crippen molar-refractivity contribution in [1.82, 2.24) is 9.97 Å². The summed E-state index contributed by atoms with van der Waals surface area (Å²) in [5.41, 5.74) is 1.83. The number of hydrogen-bond donors (Lipinski definition) is 2. The predicted molar refractivity (Wildman–Crippen MR) is 63.4 cm³/mol. The van der Waals surface area contributed by atoms with Gasteiger partial charge < -0.3 is 10.1 Å². The lowest BCUT2D eigenvalue weighted by Crippen LogP contribution is -2.03. The highest BCUT2D eigenvalue weighted by Crippen LogP contribution is 2.22. The molecule has 4 heteroatoms. The molecule has 0 spiro atoms. The minimum Gasteiger partial charge on any atom is -0.388 e. The summed E-state index contributed by atoms with van der Waals surface area (Å²) in [6.45, 7) is 1.92.